The molecule has 0 spiro atoms. The minimum Gasteiger partial charge on any atom is -0.461 e. The molecule has 4 heterocycles. The van der Waals surface area contributed by atoms with Crippen molar-refractivity contribution in [1.82, 2.24) is 24.1 Å². The number of para-hydroxylation sites is 1. The Morgan fingerprint density at radius 2 is 2.00 bits per heavy atom. The van der Waals surface area contributed by atoms with Gasteiger partial charge < -0.3 is 18.5 Å². The molecule has 0 radical (unpaired) electrons. The minimum absolute atomic E-state index is 0.848. The zero-order valence-electron chi connectivity index (χ0n) is 13.3. The fourth-order valence-electron chi connectivity index (χ4n) is 3.24. The monoisotopic (exact) mass is 317 g/mol. The first-order valence-electron chi connectivity index (χ1n) is 7.70. The van der Waals surface area contributed by atoms with Gasteiger partial charge in [0.05, 0.1) is 28.6 Å². The predicted molar refractivity (Wildman–Crippen MR) is 92.5 cm³/mol. The van der Waals surface area contributed by atoms with Crippen molar-refractivity contribution in [2.75, 3.05) is 0 Å². The Labute approximate surface area is 137 Å². The highest BCUT2D eigenvalue weighted by molar-refractivity contribution is 6.12. The number of imidazole rings is 2. The van der Waals surface area contributed by atoms with E-state index in [2.05, 4.69) is 27.1 Å². The van der Waals surface area contributed by atoms with Crippen LogP contribution in [0, 0.1) is 0 Å². The number of benzene rings is 1. The third kappa shape index (κ3) is 1.70. The van der Waals surface area contributed by atoms with Gasteiger partial charge in [-0.1, -0.05) is 12.1 Å². The van der Waals surface area contributed by atoms with E-state index >= 15 is 0 Å². The molecule has 1 N–H and O–H groups in total. The second-order valence-corrected chi connectivity index (χ2v) is 5.99. The standard InChI is InChI=1S/C18H15N5O/c1-22-8-14(20-10-22)11-4-3-5-12-15(11)21-16-13(9-24-17(12)16)18-19-6-7-23(18)2/h3-10,21H,1-2H3. The summed E-state index contributed by atoms with van der Waals surface area (Å²) in [5.74, 6) is 0.875. The molecule has 0 amide bonds. The number of hydrogen-bond acceptors (Lipinski definition) is 3. The lowest BCUT2D eigenvalue weighted by molar-refractivity contribution is 0.619. The van der Waals surface area contributed by atoms with Gasteiger partial charge in [-0.15, -0.1) is 0 Å². The van der Waals surface area contributed by atoms with E-state index in [0.717, 1.165) is 44.6 Å². The number of furan rings is 1. The fraction of sp³-hybridized carbons (Fsp3) is 0.111. The van der Waals surface area contributed by atoms with Gasteiger partial charge in [0.2, 0.25) is 0 Å². The van der Waals surface area contributed by atoms with Crippen molar-refractivity contribution >= 4 is 22.0 Å². The number of nitrogens with one attached hydrogen (secondary N) is 1. The SMILES string of the molecule is Cn1cnc(-c2cccc3c2[nH]c2c(-c4nccn4C)coc23)c1. The highest BCUT2D eigenvalue weighted by Gasteiger charge is 2.18. The van der Waals surface area contributed by atoms with E-state index in [0.29, 0.717) is 0 Å². The Hall–Kier alpha value is -3.28. The van der Waals surface area contributed by atoms with Crippen molar-refractivity contribution in [2.45, 2.75) is 0 Å². The number of aryl methyl sites for hydroxylation is 2. The first-order valence-corrected chi connectivity index (χ1v) is 7.70. The van der Waals surface area contributed by atoms with Gasteiger partial charge in [0.25, 0.3) is 0 Å². The molecule has 5 rings (SSSR count). The van der Waals surface area contributed by atoms with E-state index in [1.54, 1.807) is 18.8 Å². The van der Waals surface area contributed by atoms with Crippen LogP contribution in [0.1, 0.15) is 0 Å². The maximum atomic E-state index is 5.87. The molecular formula is C18H15N5O. The number of aromatic nitrogens is 5. The average molecular weight is 317 g/mol. The quantitative estimate of drug-likeness (QED) is 0.540. The van der Waals surface area contributed by atoms with Gasteiger partial charge in [-0.3, -0.25) is 0 Å². The molecule has 118 valence electrons. The van der Waals surface area contributed by atoms with Crippen molar-refractivity contribution in [3.05, 3.63) is 49.4 Å². The highest BCUT2D eigenvalue weighted by Crippen LogP contribution is 2.37. The Kier molecular flexibility index (Phi) is 2.53. The molecule has 0 aliphatic heterocycles. The molecule has 4 aromatic heterocycles. The van der Waals surface area contributed by atoms with Crippen molar-refractivity contribution in [3.8, 4) is 22.6 Å². The van der Waals surface area contributed by atoms with Crippen LogP contribution in [0.4, 0.5) is 0 Å². The average Bonchev–Trinajstić information content (AvgIpc) is 3.31. The topological polar surface area (TPSA) is 64.6 Å². The van der Waals surface area contributed by atoms with E-state index in [1.807, 2.05) is 41.7 Å². The third-order valence-corrected chi connectivity index (χ3v) is 4.39. The third-order valence-electron chi connectivity index (χ3n) is 4.39. The lowest BCUT2D eigenvalue weighted by Gasteiger charge is -2.00. The van der Waals surface area contributed by atoms with E-state index in [1.165, 1.54) is 0 Å². The molecule has 6 heteroatoms. The lowest BCUT2D eigenvalue weighted by Crippen LogP contribution is -1.90. The summed E-state index contributed by atoms with van der Waals surface area (Å²) in [5, 5.41) is 1.05. The van der Waals surface area contributed by atoms with Crippen molar-refractivity contribution < 1.29 is 4.42 Å². The summed E-state index contributed by atoms with van der Waals surface area (Å²) in [6.45, 7) is 0. The number of rotatable bonds is 2. The second kappa shape index (κ2) is 4.61. The fourth-order valence-corrected chi connectivity index (χ4v) is 3.24. The number of H-pyrrole nitrogens is 1. The van der Waals surface area contributed by atoms with Crippen LogP contribution in [0.15, 0.2) is 53.8 Å². The molecule has 0 atom stereocenters. The minimum atomic E-state index is 0.848. The van der Waals surface area contributed by atoms with Crippen molar-refractivity contribution in [3.63, 3.8) is 0 Å². The van der Waals surface area contributed by atoms with Gasteiger partial charge in [0.1, 0.15) is 12.1 Å². The summed E-state index contributed by atoms with van der Waals surface area (Å²) in [5.41, 5.74) is 5.79. The summed E-state index contributed by atoms with van der Waals surface area (Å²) >= 11 is 0. The van der Waals surface area contributed by atoms with Crippen LogP contribution in [0.3, 0.4) is 0 Å². The summed E-state index contributed by atoms with van der Waals surface area (Å²) in [4.78, 5) is 12.4. The van der Waals surface area contributed by atoms with Crippen LogP contribution in [0.5, 0.6) is 0 Å². The van der Waals surface area contributed by atoms with Crippen LogP contribution in [-0.4, -0.2) is 24.1 Å². The van der Waals surface area contributed by atoms with Gasteiger partial charge >= 0.3 is 0 Å². The van der Waals surface area contributed by atoms with E-state index in [-0.39, 0.29) is 0 Å². The Bertz CT molecular complexity index is 1190. The molecule has 0 bridgehead atoms. The van der Waals surface area contributed by atoms with Gasteiger partial charge in [-0.25, -0.2) is 9.97 Å². The van der Waals surface area contributed by atoms with Gasteiger partial charge in [-0.05, 0) is 6.07 Å². The molecule has 0 fully saturated rings. The summed E-state index contributed by atoms with van der Waals surface area (Å²) in [6.07, 6.45) is 9.29. The largest absolute Gasteiger partial charge is 0.461 e. The van der Waals surface area contributed by atoms with Crippen LogP contribution in [-0.2, 0) is 14.1 Å². The maximum absolute atomic E-state index is 5.87. The molecule has 24 heavy (non-hydrogen) atoms. The predicted octanol–water partition coefficient (Wildman–Crippen LogP) is 3.72. The Balaban J connectivity index is 1.82. The number of aromatic amines is 1. The summed E-state index contributed by atoms with van der Waals surface area (Å²) < 4.78 is 9.79. The Morgan fingerprint density at radius 3 is 2.75 bits per heavy atom. The van der Waals surface area contributed by atoms with E-state index in [9.17, 15) is 0 Å². The van der Waals surface area contributed by atoms with Crippen molar-refractivity contribution in [1.29, 1.82) is 0 Å². The Morgan fingerprint density at radius 1 is 1.08 bits per heavy atom. The maximum Gasteiger partial charge on any atom is 0.160 e. The van der Waals surface area contributed by atoms with Crippen LogP contribution in [0.2, 0.25) is 0 Å². The van der Waals surface area contributed by atoms with Gasteiger partial charge in [0.15, 0.2) is 5.58 Å². The second-order valence-electron chi connectivity index (χ2n) is 5.99. The zero-order chi connectivity index (χ0) is 16.3. The van der Waals surface area contributed by atoms with Crippen LogP contribution >= 0.6 is 0 Å². The van der Waals surface area contributed by atoms with Gasteiger partial charge in [0, 0.05) is 43.6 Å². The van der Waals surface area contributed by atoms with Crippen LogP contribution < -0.4 is 0 Å². The highest BCUT2D eigenvalue weighted by atomic mass is 16.3. The molecule has 1 aromatic carbocycles. The molecule has 0 saturated heterocycles. The summed E-state index contributed by atoms with van der Waals surface area (Å²) in [6, 6.07) is 6.16. The van der Waals surface area contributed by atoms with Crippen LogP contribution in [0.25, 0.3) is 44.6 Å². The smallest absolute Gasteiger partial charge is 0.160 e. The molecular weight excluding hydrogens is 302 g/mol. The van der Waals surface area contributed by atoms with E-state index in [4.69, 9.17) is 4.42 Å². The number of nitrogens with zero attached hydrogens (tertiary/aromatic N) is 4. The van der Waals surface area contributed by atoms with Gasteiger partial charge in [-0.2, -0.15) is 0 Å². The summed E-state index contributed by atoms with van der Waals surface area (Å²) in [7, 11) is 3.94. The number of hydrogen-bond donors (Lipinski definition) is 1. The number of fused-ring (bicyclic) bond motifs is 3. The molecule has 0 aliphatic carbocycles. The zero-order valence-corrected chi connectivity index (χ0v) is 13.3. The first-order chi connectivity index (χ1) is 11.7. The first kappa shape index (κ1) is 13.2. The normalized spacial score (nSPS) is 11.8. The van der Waals surface area contributed by atoms with E-state index < -0.39 is 0 Å². The molecule has 0 saturated carbocycles. The molecule has 6 nitrogen and oxygen atoms in total. The molecule has 0 unspecified atom stereocenters. The lowest BCUT2D eigenvalue weighted by atomic mass is 10.1. The molecule has 5 aromatic rings. The molecule has 0 aliphatic rings. The van der Waals surface area contributed by atoms with Crippen molar-refractivity contribution in [2.24, 2.45) is 14.1 Å².